The van der Waals surface area contributed by atoms with Gasteiger partial charge in [-0.15, -0.1) is 0 Å². The van der Waals surface area contributed by atoms with Gasteiger partial charge in [-0.05, 0) is 34.1 Å². The standard InChI is InChI=1S/C12H17BrN4O2/c1-17(2)12(19)16-6-5-15-11(18)8-3-4-10(14)9(13)7-8/h3-4,7H,5-6,14H2,1-2H3,(H,15,18)(H,16,19). The second-order valence-electron chi connectivity index (χ2n) is 4.12. The van der Waals surface area contributed by atoms with Crippen LogP contribution in [-0.4, -0.2) is 44.0 Å². The van der Waals surface area contributed by atoms with Crippen molar-refractivity contribution in [3.63, 3.8) is 0 Å². The third-order valence-electron chi connectivity index (χ3n) is 2.36. The number of nitrogens with one attached hydrogen (secondary N) is 2. The Morgan fingerprint density at radius 2 is 1.89 bits per heavy atom. The molecular formula is C12H17BrN4O2. The number of hydrogen-bond acceptors (Lipinski definition) is 3. The smallest absolute Gasteiger partial charge is 0.316 e. The number of anilines is 1. The largest absolute Gasteiger partial charge is 0.398 e. The fraction of sp³-hybridized carbons (Fsp3) is 0.333. The van der Waals surface area contributed by atoms with E-state index in [-0.39, 0.29) is 11.9 Å². The van der Waals surface area contributed by atoms with E-state index in [1.54, 1.807) is 32.3 Å². The summed E-state index contributed by atoms with van der Waals surface area (Å²) < 4.78 is 0.682. The van der Waals surface area contributed by atoms with Crippen molar-refractivity contribution in [2.75, 3.05) is 32.9 Å². The van der Waals surface area contributed by atoms with Crippen molar-refractivity contribution in [1.29, 1.82) is 0 Å². The number of amides is 3. The van der Waals surface area contributed by atoms with E-state index in [1.165, 1.54) is 4.90 Å². The average molecular weight is 329 g/mol. The zero-order valence-corrected chi connectivity index (χ0v) is 12.5. The molecule has 0 radical (unpaired) electrons. The lowest BCUT2D eigenvalue weighted by atomic mass is 10.2. The number of hydrogen-bond donors (Lipinski definition) is 3. The first-order valence-corrected chi connectivity index (χ1v) is 6.49. The van der Waals surface area contributed by atoms with Crippen molar-refractivity contribution in [2.24, 2.45) is 0 Å². The molecule has 3 amide bonds. The normalized spacial score (nSPS) is 9.84. The van der Waals surface area contributed by atoms with Crippen LogP contribution < -0.4 is 16.4 Å². The summed E-state index contributed by atoms with van der Waals surface area (Å²) in [7, 11) is 3.31. The van der Waals surface area contributed by atoms with E-state index in [0.717, 1.165) is 0 Å². The summed E-state index contributed by atoms with van der Waals surface area (Å²) in [6, 6.07) is 4.77. The van der Waals surface area contributed by atoms with Crippen molar-refractivity contribution in [3.8, 4) is 0 Å². The van der Waals surface area contributed by atoms with Gasteiger partial charge in [0.25, 0.3) is 5.91 Å². The van der Waals surface area contributed by atoms with Gasteiger partial charge in [0.2, 0.25) is 0 Å². The molecule has 0 aromatic heterocycles. The summed E-state index contributed by atoms with van der Waals surface area (Å²) >= 11 is 3.26. The van der Waals surface area contributed by atoms with Crippen molar-refractivity contribution in [2.45, 2.75) is 0 Å². The summed E-state index contributed by atoms with van der Waals surface area (Å²) in [5.41, 5.74) is 6.73. The molecule has 0 aliphatic heterocycles. The summed E-state index contributed by atoms with van der Waals surface area (Å²) in [4.78, 5) is 24.4. The molecule has 1 aromatic carbocycles. The van der Waals surface area contributed by atoms with Gasteiger partial charge in [-0.2, -0.15) is 0 Å². The highest BCUT2D eigenvalue weighted by atomic mass is 79.9. The van der Waals surface area contributed by atoms with Gasteiger partial charge in [-0.1, -0.05) is 0 Å². The van der Waals surface area contributed by atoms with Gasteiger partial charge in [0.1, 0.15) is 0 Å². The van der Waals surface area contributed by atoms with Crippen LogP contribution in [0.3, 0.4) is 0 Å². The molecule has 0 saturated carbocycles. The molecule has 7 heteroatoms. The van der Waals surface area contributed by atoms with Crippen LogP contribution in [0.25, 0.3) is 0 Å². The number of nitrogen functional groups attached to an aromatic ring is 1. The molecule has 0 aliphatic carbocycles. The number of urea groups is 1. The van der Waals surface area contributed by atoms with Gasteiger partial charge in [0, 0.05) is 42.9 Å². The van der Waals surface area contributed by atoms with Crippen molar-refractivity contribution in [3.05, 3.63) is 28.2 Å². The Morgan fingerprint density at radius 1 is 1.26 bits per heavy atom. The zero-order chi connectivity index (χ0) is 14.4. The third-order valence-corrected chi connectivity index (χ3v) is 3.04. The first kappa shape index (κ1) is 15.3. The summed E-state index contributed by atoms with van der Waals surface area (Å²) in [5, 5.41) is 5.36. The molecule has 0 spiro atoms. The van der Waals surface area contributed by atoms with Crippen LogP contribution in [0, 0.1) is 0 Å². The Kier molecular flexibility index (Phi) is 5.62. The number of rotatable bonds is 4. The monoisotopic (exact) mass is 328 g/mol. The van der Waals surface area contributed by atoms with Gasteiger partial charge in [0.15, 0.2) is 0 Å². The lowest BCUT2D eigenvalue weighted by Gasteiger charge is -2.12. The highest BCUT2D eigenvalue weighted by Crippen LogP contribution is 2.20. The average Bonchev–Trinajstić information content (AvgIpc) is 2.37. The number of halogens is 1. The number of nitrogens with zero attached hydrogens (tertiary/aromatic N) is 1. The Labute approximate surface area is 120 Å². The molecule has 104 valence electrons. The Hall–Kier alpha value is -1.76. The Balaban J connectivity index is 2.39. The molecule has 1 rings (SSSR count). The minimum atomic E-state index is -0.209. The van der Waals surface area contributed by atoms with E-state index in [4.69, 9.17) is 5.73 Å². The number of carbonyl (C=O) groups excluding carboxylic acids is 2. The van der Waals surface area contributed by atoms with E-state index in [0.29, 0.717) is 28.8 Å². The van der Waals surface area contributed by atoms with Gasteiger partial charge in [-0.3, -0.25) is 4.79 Å². The van der Waals surface area contributed by atoms with Gasteiger partial charge in [0.05, 0.1) is 0 Å². The van der Waals surface area contributed by atoms with E-state index < -0.39 is 0 Å². The first-order valence-electron chi connectivity index (χ1n) is 5.70. The second kappa shape index (κ2) is 6.98. The highest BCUT2D eigenvalue weighted by molar-refractivity contribution is 9.10. The van der Waals surface area contributed by atoms with Crippen LogP contribution in [0.2, 0.25) is 0 Å². The van der Waals surface area contributed by atoms with Crippen LogP contribution in [0.1, 0.15) is 10.4 Å². The van der Waals surface area contributed by atoms with Crippen LogP contribution in [0.5, 0.6) is 0 Å². The molecule has 4 N–H and O–H groups in total. The van der Waals surface area contributed by atoms with Crippen LogP contribution in [0.15, 0.2) is 22.7 Å². The maximum absolute atomic E-state index is 11.8. The molecule has 6 nitrogen and oxygen atoms in total. The summed E-state index contributed by atoms with van der Waals surface area (Å²) in [5.74, 6) is -0.209. The van der Waals surface area contributed by atoms with Crippen LogP contribution >= 0.6 is 15.9 Å². The third kappa shape index (κ3) is 4.78. The van der Waals surface area contributed by atoms with E-state index in [1.807, 2.05) is 0 Å². The molecule has 0 bridgehead atoms. The Morgan fingerprint density at radius 3 is 2.47 bits per heavy atom. The maximum Gasteiger partial charge on any atom is 0.316 e. The molecule has 0 atom stereocenters. The molecule has 1 aromatic rings. The maximum atomic E-state index is 11.8. The Bertz CT molecular complexity index is 477. The molecule has 0 heterocycles. The lowest BCUT2D eigenvalue weighted by molar-refractivity contribution is 0.0953. The van der Waals surface area contributed by atoms with Crippen LogP contribution in [0.4, 0.5) is 10.5 Å². The van der Waals surface area contributed by atoms with E-state index in [9.17, 15) is 9.59 Å². The fourth-order valence-corrected chi connectivity index (χ4v) is 1.65. The number of carbonyl (C=O) groups is 2. The molecule has 0 aliphatic rings. The number of benzene rings is 1. The fourth-order valence-electron chi connectivity index (χ4n) is 1.27. The summed E-state index contributed by atoms with van der Waals surface area (Å²) in [6.45, 7) is 0.735. The van der Waals surface area contributed by atoms with Crippen molar-refractivity contribution >= 4 is 33.6 Å². The predicted molar refractivity (Wildman–Crippen MR) is 78.0 cm³/mol. The van der Waals surface area contributed by atoms with Crippen molar-refractivity contribution < 1.29 is 9.59 Å². The minimum Gasteiger partial charge on any atom is -0.398 e. The number of nitrogens with two attached hydrogens (primary N) is 1. The topological polar surface area (TPSA) is 87.5 Å². The lowest BCUT2D eigenvalue weighted by Crippen LogP contribution is -2.39. The molecule has 0 unspecified atom stereocenters. The van der Waals surface area contributed by atoms with E-state index >= 15 is 0 Å². The van der Waals surface area contributed by atoms with Gasteiger partial charge >= 0.3 is 6.03 Å². The molecule has 0 saturated heterocycles. The molecule has 19 heavy (non-hydrogen) atoms. The summed E-state index contributed by atoms with van der Waals surface area (Å²) in [6.07, 6.45) is 0. The quantitative estimate of drug-likeness (QED) is 0.570. The van der Waals surface area contributed by atoms with Gasteiger partial charge < -0.3 is 21.3 Å². The zero-order valence-electron chi connectivity index (χ0n) is 10.9. The first-order chi connectivity index (χ1) is 8.91. The minimum absolute atomic E-state index is 0.190. The molecule has 0 fully saturated rings. The SMILES string of the molecule is CN(C)C(=O)NCCNC(=O)c1ccc(N)c(Br)c1. The molecular weight excluding hydrogens is 312 g/mol. The van der Waals surface area contributed by atoms with Crippen molar-refractivity contribution in [1.82, 2.24) is 15.5 Å². The predicted octanol–water partition coefficient (Wildman–Crippen LogP) is 1.03. The van der Waals surface area contributed by atoms with Gasteiger partial charge in [-0.25, -0.2) is 4.79 Å². The second-order valence-corrected chi connectivity index (χ2v) is 4.97. The van der Waals surface area contributed by atoms with E-state index in [2.05, 4.69) is 26.6 Å². The van der Waals surface area contributed by atoms with Crippen LogP contribution in [-0.2, 0) is 0 Å². The highest BCUT2D eigenvalue weighted by Gasteiger charge is 2.07.